The van der Waals surface area contributed by atoms with Gasteiger partial charge < -0.3 is 13.7 Å². The fourth-order valence-electron chi connectivity index (χ4n) is 2.95. The van der Waals surface area contributed by atoms with E-state index in [1.807, 2.05) is 6.20 Å². The molecule has 25 heavy (non-hydrogen) atoms. The van der Waals surface area contributed by atoms with Crippen LogP contribution in [0.2, 0.25) is 0 Å². The van der Waals surface area contributed by atoms with E-state index in [0.29, 0.717) is 6.10 Å². The average Bonchev–Trinajstić information content (AvgIpc) is 3.25. The summed E-state index contributed by atoms with van der Waals surface area (Å²) in [5, 5.41) is 1.13. The Morgan fingerprint density at radius 1 is 1.36 bits per heavy atom. The Morgan fingerprint density at radius 2 is 2.12 bits per heavy atom. The molecule has 2 atom stereocenters. The molecule has 0 spiro atoms. The van der Waals surface area contributed by atoms with Crippen LogP contribution in [0.25, 0.3) is 0 Å². The lowest BCUT2D eigenvalue weighted by Gasteiger charge is -2.16. The Bertz CT molecular complexity index is 724. The first-order valence-corrected chi connectivity index (χ1v) is 9.92. The van der Waals surface area contributed by atoms with E-state index < -0.39 is 0 Å². The number of imidazole rings is 1. The number of rotatable bonds is 5. The molecule has 3 heterocycles. The van der Waals surface area contributed by atoms with Crippen LogP contribution < -0.4 is 0 Å². The average molecular weight is 364 g/mol. The van der Waals surface area contributed by atoms with Gasteiger partial charge in [0.25, 0.3) is 0 Å². The van der Waals surface area contributed by atoms with Crippen molar-refractivity contribution in [1.82, 2.24) is 14.5 Å². The summed E-state index contributed by atoms with van der Waals surface area (Å²) in [4.78, 5) is 9.27. The second-order valence-corrected chi connectivity index (χ2v) is 9.19. The van der Waals surface area contributed by atoms with Gasteiger partial charge in [0.15, 0.2) is 5.16 Å². The lowest BCUT2D eigenvalue weighted by atomic mass is 9.94. The molecule has 1 aliphatic rings. The lowest BCUT2D eigenvalue weighted by molar-refractivity contribution is 0.0944. The van der Waals surface area contributed by atoms with Crippen molar-refractivity contribution < 1.29 is 9.15 Å². The van der Waals surface area contributed by atoms with Gasteiger partial charge >= 0.3 is 0 Å². The molecule has 6 heteroatoms. The van der Waals surface area contributed by atoms with Gasteiger partial charge in [-0.15, -0.1) is 0 Å². The van der Waals surface area contributed by atoms with Gasteiger partial charge in [-0.2, -0.15) is 0 Å². The maximum Gasteiger partial charge on any atom is 0.207 e. The molecule has 2 aromatic rings. The fraction of sp³-hybridized carbons (Fsp3) is 0.684. The molecule has 0 saturated carbocycles. The van der Waals surface area contributed by atoms with Gasteiger partial charge in [-0.1, -0.05) is 32.5 Å². The molecule has 5 nitrogen and oxygen atoms in total. The normalized spacial score (nSPS) is 19.5. The predicted molar refractivity (Wildman–Crippen MR) is 100 cm³/mol. The van der Waals surface area contributed by atoms with Gasteiger partial charge in [-0.25, -0.2) is 9.97 Å². The van der Waals surface area contributed by atoms with Gasteiger partial charge in [-0.3, -0.25) is 0 Å². The van der Waals surface area contributed by atoms with Crippen LogP contribution in [0.5, 0.6) is 0 Å². The maximum atomic E-state index is 6.00. The molecule has 0 aromatic carbocycles. The molecule has 0 radical (unpaired) electrons. The van der Waals surface area contributed by atoms with Crippen molar-refractivity contribution in [3.8, 4) is 0 Å². The highest BCUT2D eigenvalue weighted by atomic mass is 32.2. The molecule has 138 valence electrons. The number of thioether (sulfide) groups is 1. The second-order valence-electron chi connectivity index (χ2n) is 7.88. The largest absolute Gasteiger partial charge is 0.444 e. The van der Waals surface area contributed by atoms with Gasteiger partial charge in [0, 0.05) is 17.7 Å². The second kappa shape index (κ2) is 7.16. The minimum Gasteiger partial charge on any atom is -0.444 e. The van der Waals surface area contributed by atoms with Crippen LogP contribution in [-0.2, 0) is 16.7 Å². The van der Waals surface area contributed by atoms with Crippen LogP contribution in [0.1, 0.15) is 68.8 Å². The molecule has 1 fully saturated rings. The van der Waals surface area contributed by atoms with Crippen molar-refractivity contribution in [1.29, 1.82) is 0 Å². The molecule has 0 N–H and O–H groups in total. The monoisotopic (exact) mass is 363 g/mol. The third kappa shape index (κ3) is 4.11. The number of hydrogen-bond donors (Lipinski definition) is 0. The number of ether oxygens (including phenoxy) is 1. The summed E-state index contributed by atoms with van der Waals surface area (Å²) in [6, 6.07) is 0. The third-order valence-electron chi connectivity index (χ3n) is 4.73. The fourth-order valence-corrected chi connectivity index (χ4v) is 4.01. The van der Waals surface area contributed by atoms with Gasteiger partial charge in [0.2, 0.25) is 5.89 Å². The van der Waals surface area contributed by atoms with Crippen LogP contribution in [0, 0.1) is 13.8 Å². The van der Waals surface area contributed by atoms with Gasteiger partial charge in [-0.05, 0) is 33.6 Å². The van der Waals surface area contributed by atoms with E-state index in [2.05, 4.69) is 51.1 Å². The first-order chi connectivity index (χ1) is 11.8. The van der Waals surface area contributed by atoms with Crippen molar-refractivity contribution >= 4 is 11.8 Å². The Morgan fingerprint density at radius 3 is 2.72 bits per heavy atom. The number of oxazole rings is 1. The van der Waals surface area contributed by atoms with Crippen molar-refractivity contribution in [2.45, 2.75) is 82.9 Å². The molecule has 0 unspecified atom stereocenters. The number of aromatic nitrogens is 3. The Balaban J connectivity index is 1.77. The highest BCUT2D eigenvalue weighted by molar-refractivity contribution is 7.99. The Labute approximate surface area is 154 Å². The zero-order valence-corrected chi connectivity index (χ0v) is 16.9. The number of nitrogens with zero attached hydrogens (tertiary/aromatic N) is 3. The van der Waals surface area contributed by atoms with E-state index in [1.165, 1.54) is 5.69 Å². The molecule has 0 bridgehead atoms. The Kier molecular flexibility index (Phi) is 5.30. The summed E-state index contributed by atoms with van der Waals surface area (Å²) in [6.45, 7) is 14.5. The quantitative estimate of drug-likeness (QED) is 0.713. The molecular weight excluding hydrogens is 334 g/mol. The molecule has 0 aliphatic carbocycles. The van der Waals surface area contributed by atoms with Crippen molar-refractivity contribution in [3.63, 3.8) is 0 Å². The van der Waals surface area contributed by atoms with E-state index >= 15 is 0 Å². The summed E-state index contributed by atoms with van der Waals surface area (Å²) >= 11 is 1.71. The maximum absolute atomic E-state index is 6.00. The minimum atomic E-state index is -0.0267. The van der Waals surface area contributed by atoms with Crippen LogP contribution in [0.4, 0.5) is 0 Å². The SMILES string of the molecule is Cc1nc(S[C@@H](C)c2ncc(C(C)(C)C)o2)n(C[C@@H]2CCCO2)c1C. The van der Waals surface area contributed by atoms with E-state index in [9.17, 15) is 0 Å². The molecule has 3 rings (SSSR count). The van der Waals surface area contributed by atoms with E-state index in [1.54, 1.807) is 11.8 Å². The summed E-state index contributed by atoms with van der Waals surface area (Å²) in [5.41, 5.74) is 2.27. The van der Waals surface area contributed by atoms with Crippen LogP contribution >= 0.6 is 11.8 Å². The highest BCUT2D eigenvalue weighted by Crippen LogP contribution is 2.36. The summed E-state index contributed by atoms with van der Waals surface area (Å²) in [5.74, 6) is 1.68. The Hall–Kier alpha value is -1.27. The topological polar surface area (TPSA) is 53.1 Å². The van der Waals surface area contributed by atoms with E-state index in [4.69, 9.17) is 14.1 Å². The van der Waals surface area contributed by atoms with Crippen LogP contribution in [0.15, 0.2) is 15.8 Å². The summed E-state index contributed by atoms with van der Waals surface area (Å²) < 4.78 is 14.1. The minimum absolute atomic E-state index is 0.0267. The van der Waals surface area contributed by atoms with E-state index in [0.717, 1.165) is 48.5 Å². The van der Waals surface area contributed by atoms with Crippen molar-refractivity contribution in [2.24, 2.45) is 0 Å². The molecule has 1 aliphatic heterocycles. The number of hydrogen-bond acceptors (Lipinski definition) is 5. The summed E-state index contributed by atoms with van der Waals surface area (Å²) in [6.07, 6.45) is 4.44. The van der Waals surface area contributed by atoms with Gasteiger partial charge in [0.1, 0.15) is 5.76 Å². The van der Waals surface area contributed by atoms with Crippen LogP contribution in [-0.4, -0.2) is 27.2 Å². The van der Waals surface area contributed by atoms with Crippen molar-refractivity contribution in [2.75, 3.05) is 6.61 Å². The first kappa shape index (κ1) is 18.5. The van der Waals surface area contributed by atoms with Crippen LogP contribution in [0.3, 0.4) is 0 Å². The zero-order chi connectivity index (χ0) is 18.2. The first-order valence-electron chi connectivity index (χ1n) is 9.04. The third-order valence-corrected chi connectivity index (χ3v) is 5.80. The number of aryl methyl sites for hydroxylation is 1. The van der Waals surface area contributed by atoms with Crippen molar-refractivity contribution in [3.05, 3.63) is 29.2 Å². The standard InChI is InChI=1S/C19H29N3O2S/c1-12-13(2)22(11-15-8-7-9-23-15)18(21-12)25-14(3)17-20-10-16(24-17)19(4,5)6/h10,14-15H,7-9,11H2,1-6H3/t14-,15-/m0/s1. The highest BCUT2D eigenvalue weighted by Gasteiger charge is 2.25. The molecule has 0 amide bonds. The molecule has 2 aromatic heterocycles. The molecule has 1 saturated heterocycles. The summed E-state index contributed by atoms with van der Waals surface area (Å²) in [7, 11) is 0. The lowest BCUT2D eigenvalue weighted by Crippen LogP contribution is -2.17. The zero-order valence-electron chi connectivity index (χ0n) is 16.1. The molecular formula is C19H29N3O2S. The predicted octanol–water partition coefficient (Wildman–Crippen LogP) is 4.82. The van der Waals surface area contributed by atoms with Gasteiger partial charge in [0.05, 0.1) is 29.8 Å². The van der Waals surface area contributed by atoms with E-state index in [-0.39, 0.29) is 10.7 Å². The smallest absolute Gasteiger partial charge is 0.207 e.